The Bertz CT molecular complexity index is 1870. The lowest BCUT2D eigenvalue weighted by molar-refractivity contribution is 0.281. The van der Waals surface area contributed by atoms with E-state index >= 15 is 0 Å². The standard InChI is InChI=1S/C56H76N2O6/c1-9-15-33-59-49-39-51(61-35-17-11-3)55(52(40-49)62-36-18-12-4)57(45-25-21-43(7)22-26-45)47-29-31-48(32-30-47)58(46-27-23-44(8)24-28-46)56-53(63-37-19-13-5)41-50(60-34-16-10-2)42-54(56)64-38-20-14-6/h21-32,39-42H,9-20,33-38H2,1-8H3. The highest BCUT2D eigenvalue weighted by atomic mass is 16.5. The molecule has 5 aromatic rings. The maximum Gasteiger partial charge on any atom is 0.150 e. The summed E-state index contributed by atoms with van der Waals surface area (Å²) in [4.78, 5) is 4.53. The van der Waals surface area contributed by atoms with Crippen molar-refractivity contribution in [1.29, 1.82) is 0 Å². The molecule has 0 unspecified atom stereocenters. The number of anilines is 6. The minimum absolute atomic E-state index is 0.580. The maximum atomic E-state index is 6.71. The second-order valence-electron chi connectivity index (χ2n) is 16.6. The molecule has 5 aromatic carbocycles. The van der Waals surface area contributed by atoms with Crippen molar-refractivity contribution in [3.63, 3.8) is 0 Å². The summed E-state index contributed by atoms with van der Waals surface area (Å²) in [5.41, 5.74) is 7.95. The smallest absolute Gasteiger partial charge is 0.150 e. The molecule has 0 aliphatic rings. The number of hydrogen-bond acceptors (Lipinski definition) is 8. The van der Waals surface area contributed by atoms with Gasteiger partial charge in [0.25, 0.3) is 0 Å². The zero-order valence-corrected chi connectivity index (χ0v) is 40.3. The number of ether oxygens (including phenoxy) is 6. The first kappa shape index (κ1) is 49.5. The van der Waals surface area contributed by atoms with Crippen molar-refractivity contribution in [2.75, 3.05) is 49.4 Å². The summed E-state index contributed by atoms with van der Waals surface area (Å²) >= 11 is 0. The topological polar surface area (TPSA) is 61.9 Å². The van der Waals surface area contributed by atoms with Crippen molar-refractivity contribution >= 4 is 34.1 Å². The Kier molecular flexibility index (Phi) is 20.9. The maximum absolute atomic E-state index is 6.71. The SMILES string of the molecule is CCCCOc1cc(OCCCC)c(N(c2ccc(C)cc2)c2ccc(N(c3ccc(C)cc3)c3c(OCCCC)cc(OCCCC)cc3OCCCC)cc2)c(OCCCC)c1. The normalized spacial score (nSPS) is 11.0. The van der Waals surface area contributed by atoms with Crippen LogP contribution in [-0.2, 0) is 0 Å². The minimum Gasteiger partial charge on any atom is -0.493 e. The highest BCUT2D eigenvalue weighted by molar-refractivity contribution is 5.88. The van der Waals surface area contributed by atoms with E-state index in [-0.39, 0.29) is 0 Å². The Morgan fingerprint density at radius 3 is 0.766 bits per heavy atom. The lowest BCUT2D eigenvalue weighted by Crippen LogP contribution is -2.16. The molecule has 0 saturated heterocycles. The van der Waals surface area contributed by atoms with Crippen LogP contribution < -0.4 is 38.2 Å². The van der Waals surface area contributed by atoms with E-state index in [1.807, 2.05) is 24.3 Å². The van der Waals surface area contributed by atoms with Gasteiger partial charge in [-0.05, 0) is 101 Å². The van der Waals surface area contributed by atoms with Gasteiger partial charge in [-0.2, -0.15) is 0 Å². The van der Waals surface area contributed by atoms with Crippen LogP contribution in [0.2, 0.25) is 0 Å². The van der Waals surface area contributed by atoms with Crippen molar-refractivity contribution in [2.45, 2.75) is 132 Å². The molecular weight excluding hydrogens is 797 g/mol. The fourth-order valence-electron chi connectivity index (χ4n) is 7.09. The van der Waals surface area contributed by atoms with Gasteiger partial charge in [-0.25, -0.2) is 0 Å². The quantitative estimate of drug-likeness (QED) is 0.0423. The molecule has 0 radical (unpaired) electrons. The molecule has 0 saturated carbocycles. The van der Waals surface area contributed by atoms with Crippen molar-refractivity contribution in [3.05, 3.63) is 108 Å². The monoisotopic (exact) mass is 873 g/mol. The molecule has 0 aliphatic carbocycles. The number of benzene rings is 5. The minimum atomic E-state index is 0.580. The molecule has 0 N–H and O–H groups in total. The molecule has 0 fully saturated rings. The summed E-state index contributed by atoms with van der Waals surface area (Å²) in [7, 11) is 0. The van der Waals surface area contributed by atoms with Crippen LogP contribution in [0.1, 0.15) is 130 Å². The molecule has 5 rings (SSSR count). The predicted molar refractivity (Wildman–Crippen MR) is 268 cm³/mol. The van der Waals surface area contributed by atoms with Gasteiger partial charge in [0.05, 0.1) is 39.6 Å². The van der Waals surface area contributed by atoms with Crippen molar-refractivity contribution in [3.8, 4) is 34.5 Å². The van der Waals surface area contributed by atoms with Crippen LogP contribution in [0.5, 0.6) is 34.5 Å². The Morgan fingerprint density at radius 2 is 0.531 bits per heavy atom. The van der Waals surface area contributed by atoms with Crippen LogP contribution in [0.15, 0.2) is 97.1 Å². The van der Waals surface area contributed by atoms with Gasteiger partial charge in [0.15, 0.2) is 23.0 Å². The Balaban J connectivity index is 1.73. The van der Waals surface area contributed by atoms with E-state index in [1.54, 1.807) is 0 Å². The second-order valence-corrected chi connectivity index (χ2v) is 16.6. The Hall–Kier alpha value is -5.50. The van der Waals surface area contributed by atoms with Gasteiger partial charge in [0.1, 0.15) is 22.9 Å². The summed E-state index contributed by atoms with van der Waals surface area (Å²) in [6, 6.07) is 34.2. The van der Waals surface area contributed by atoms with Gasteiger partial charge >= 0.3 is 0 Å². The number of rotatable bonds is 30. The zero-order chi connectivity index (χ0) is 45.5. The number of aryl methyl sites for hydroxylation is 2. The molecule has 0 bridgehead atoms. The first-order valence-electron chi connectivity index (χ1n) is 24.3. The molecular formula is C56H76N2O6. The Morgan fingerprint density at radius 1 is 0.312 bits per heavy atom. The van der Waals surface area contributed by atoms with Gasteiger partial charge in [0, 0.05) is 47.0 Å². The van der Waals surface area contributed by atoms with Crippen LogP contribution in [0.4, 0.5) is 34.1 Å². The molecule has 0 heterocycles. The van der Waals surface area contributed by atoms with Crippen molar-refractivity contribution < 1.29 is 28.4 Å². The van der Waals surface area contributed by atoms with Gasteiger partial charge in [-0.1, -0.05) is 115 Å². The summed E-state index contributed by atoms with van der Waals surface area (Å²) in [6.45, 7) is 20.9. The molecule has 0 aromatic heterocycles. The van der Waals surface area contributed by atoms with Crippen LogP contribution >= 0.6 is 0 Å². The van der Waals surface area contributed by atoms with Gasteiger partial charge < -0.3 is 38.2 Å². The van der Waals surface area contributed by atoms with Gasteiger partial charge in [0.2, 0.25) is 0 Å². The molecule has 0 amide bonds. The molecule has 0 spiro atoms. The summed E-state index contributed by atoms with van der Waals surface area (Å²) < 4.78 is 39.5. The molecule has 0 atom stereocenters. The molecule has 64 heavy (non-hydrogen) atoms. The van der Waals surface area contributed by atoms with Crippen LogP contribution in [0.3, 0.4) is 0 Å². The highest BCUT2D eigenvalue weighted by Crippen LogP contribution is 2.51. The lowest BCUT2D eigenvalue weighted by Gasteiger charge is -2.32. The predicted octanol–water partition coefficient (Wildman–Crippen LogP) is 16.3. The largest absolute Gasteiger partial charge is 0.493 e. The third kappa shape index (κ3) is 14.3. The zero-order valence-electron chi connectivity index (χ0n) is 40.3. The van der Waals surface area contributed by atoms with E-state index in [4.69, 9.17) is 28.4 Å². The number of unbranched alkanes of at least 4 members (excludes halogenated alkanes) is 6. The van der Waals surface area contributed by atoms with Crippen LogP contribution in [0, 0.1) is 13.8 Å². The van der Waals surface area contributed by atoms with E-state index in [0.29, 0.717) is 39.6 Å². The third-order valence-electron chi connectivity index (χ3n) is 11.0. The molecule has 8 nitrogen and oxygen atoms in total. The third-order valence-corrected chi connectivity index (χ3v) is 11.0. The summed E-state index contributed by atoms with van der Waals surface area (Å²) in [5, 5.41) is 0. The fraction of sp³-hybridized carbons (Fsp3) is 0.464. The van der Waals surface area contributed by atoms with Gasteiger partial charge in [-0.3, -0.25) is 0 Å². The van der Waals surface area contributed by atoms with Crippen molar-refractivity contribution in [2.24, 2.45) is 0 Å². The highest BCUT2D eigenvalue weighted by Gasteiger charge is 2.27. The molecule has 8 heteroatoms. The second kappa shape index (κ2) is 27.0. The fourth-order valence-corrected chi connectivity index (χ4v) is 7.09. The van der Waals surface area contributed by atoms with E-state index in [0.717, 1.165) is 146 Å². The first-order valence-corrected chi connectivity index (χ1v) is 24.3. The Labute approximate surface area is 385 Å². The molecule has 0 aliphatic heterocycles. The average molecular weight is 873 g/mol. The van der Waals surface area contributed by atoms with E-state index in [9.17, 15) is 0 Å². The van der Waals surface area contributed by atoms with Crippen LogP contribution in [0.25, 0.3) is 0 Å². The van der Waals surface area contributed by atoms with Crippen LogP contribution in [-0.4, -0.2) is 39.6 Å². The number of nitrogens with zero attached hydrogens (tertiary/aromatic N) is 2. The van der Waals surface area contributed by atoms with Gasteiger partial charge in [-0.15, -0.1) is 0 Å². The lowest BCUT2D eigenvalue weighted by atomic mass is 10.1. The first-order chi connectivity index (χ1) is 31.3. The van der Waals surface area contributed by atoms with E-state index in [2.05, 4.69) is 138 Å². The average Bonchev–Trinajstić information content (AvgIpc) is 3.30. The summed E-state index contributed by atoms with van der Waals surface area (Å²) in [6.07, 6.45) is 11.9. The molecule has 346 valence electrons. The van der Waals surface area contributed by atoms with E-state index < -0.39 is 0 Å². The number of hydrogen-bond donors (Lipinski definition) is 0. The summed E-state index contributed by atoms with van der Waals surface area (Å²) in [5.74, 6) is 4.40. The van der Waals surface area contributed by atoms with Crippen molar-refractivity contribution in [1.82, 2.24) is 0 Å². The van der Waals surface area contributed by atoms with E-state index in [1.165, 1.54) is 11.1 Å².